The van der Waals surface area contributed by atoms with Crippen LogP contribution < -0.4 is 5.32 Å². The third-order valence-electron chi connectivity index (χ3n) is 3.43. The Labute approximate surface area is 146 Å². The molecule has 0 aliphatic heterocycles. The number of aromatic nitrogens is 3. The SMILES string of the molecule is Cc1csc(NC(=O)c2c(C)nn(-c3ccc(Br)cc3)c2C)n1. The van der Waals surface area contributed by atoms with Gasteiger partial charge in [0.1, 0.15) is 0 Å². The summed E-state index contributed by atoms with van der Waals surface area (Å²) in [6, 6.07) is 7.80. The van der Waals surface area contributed by atoms with E-state index >= 15 is 0 Å². The van der Waals surface area contributed by atoms with Crippen molar-refractivity contribution >= 4 is 38.3 Å². The molecule has 0 unspecified atom stereocenters. The molecule has 23 heavy (non-hydrogen) atoms. The highest BCUT2D eigenvalue weighted by molar-refractivity contribution is 9.10. The number of nitrogens with one attached hydrogen (secondary N) is 1. The molecule has 0 bridgehead atoms. The number of halogens is 1. The fraction of sp³-hybridized carbons (Fsp3) is 0.188. The van der Waals surface area contributed by atoms with Crippen LogP contribution in [-0.2, 0) is 0 Å². The molecule has 118 valence electrons. The first kappa shape index (κ1) is 15.9. The molecule has 1 amide bonds. The van der Waals surface area contributed by atoms with Crippen molar-refractivity contribution in [1.82, 2.24) is 14.8 Å². The largest absolute Gasteiger partial charge is 0.298 e. The molecule has 0 atom stereocenters. The number of amides is 1. The predicted octanol–water partition coefficient (Wildman–Crippen LogP) is 4.27. The van der Waals surface area contributed by atoms with E-state index in [2.05, 4.69) is 31.3 Å². The number of aryl methyl sites for hydroxylation is 2. The van der Waals surface area contributed by atoms with Gasteiger partial charge in [-0.15, -0.1) is 11.3 Å². The Kier molecular flexibility index (Phi) is 4.32. The van der Waals surface area contributed by atoms with Gasteiger partial charge in [-0.3, -0.25) is 10.1 Å². The summed E-state index contributed by atoms with van der Waals surface area (Å²) in [7, 11) is 0. The molecular weight excluding hydrogens is 376 g/mol. The van der Waals surface area contributed by atoms with Crippen LogP contribution in [0.4, 0.5) is 5.13 Å². The highest BCUT2D eigenvalue weighted by Crippen LogP contribution is 2.22. The lowest BCUT2D eigenvalue weighted by molar-refractivity contribution is 0.102. The minimum Gasteiger partial charge on any atom is -0.298 e. The average Bonchev–Trinajstić information content (AvgIpc) is 3.03. The van der Waals surface area contributed by atoms with E-state index < -0.39 is 0 Å². The molecule has 1 N–H and O–H groups in total. The van der Waals surface area contributed by atoms with E-state index in [1.807, 2.05) is 50.4 Å². The molecule has 0 spiro atoms. The maximum absolute atomic E-state index is 12.6. The third-order valence-corrected chi connectivity index (χ3v) is 4.83. The van der Waals surface area contributed by atoms with Gasteiger partial charge < -0.3 is 0 Å². The number of benzene rings is 1. The second kappa shape index (κ2) is 6.25. The van der Waals surface area contributed by atoms with Crippen molar-refractivity contribution in [3.63, 3.8) is 0 Å². The van der Waals surface area contributed by atoms with E-state index in [-0.39, 0.29) is 5.91 Å². The second-order valence-electron chi connectivity index (χ2n) is 5.18. The van der Waals surface area contributed by atoms with Gasteiger partial charge in [-0.2, -0.15) is 5.10 Å². The standard InChI is InChI=1S/C16H15BrN4OS/c1-9-8-23-16(18-9)19-15(22)14-10(2)20-21(11(14)3)13-6-4-12(17)5-7-13/h4-8H,1-3H3,(H,18,19,22). The van der Waals surface area contributed by atoms with Gasteiger partial charge in [0.25, 0.3) is 5.91 Å². The van der Waals surface area contributed by atoms with Crippen LogP contribution in [0.3, 0.4) is 0 Å². The van der Waals surface area contributed by atoms with Gasteiger partial charge in [0, 0.05) is 9.85 Å². The minimum atomic E-state index is -0.183. The first-order chi connectivity index (χ1) is 11.0. The molecule has 0 radical (unpaired) electrons. The van der Waals surface area contributed by atoms with E-state index in [1.54, 1.807) is 4.68 Å². The first-order valence-corrected chi connectivity index (χ1v) is 8.68. The summed E-state index contributed by atoms with van der Waals surface area (Å²) < 4.78 is 2.78. The zero-order valence-corrected chi connectivity index (χ0v) is 15.3. The highest BCUT2D eigenvalue weighted by atomic mass is 79.9. The number of rotatable bonds is 3. The summed E-state index contributed by atoms with van der Waals surface area (Å²) in [6.45, 7) is 5.63. The molecule has 2 heterocycles. The second-order valence-corrected chi connectivity index (χ2v) is 6.96. The molecule has 0 aliphatic carbocycles. The Morgan fingerprint density at radius 1 is 1.22 bits per heavy atom. The topological polar surface area (TPSA) is 59.8 Å². The summed E-state index contributed by atoms with van der Waals surface area (Å²) in [5, 5.41) is 9.85. The van der Waals surface area contributed by atoms with E-state index in [0.717, 1.165) is 21.5 Å². The van der Waals surface area contributed by atoms with E-state index in [4.69, 9.17) is 0 Å². The number of carbonyl (C=O) groups excluding carboxylic acids is 1. The van der Waals surface area contributed by atoms with Crippen LogP contribution in [0.1, 0.15) is 27.4 Å². The normalized spacial score (nSPS) is 10.8. The Hall–Kier alpha value is -1.99. The van der Waals surface area contributed by atoms with Crippen LogP contribution in [0.5, 0.6) is 0 Å². The molecule has 2 aromatic heterocycles. The summed E-state index contributed by atoms with van der Waals surface area (Å²) >= 11 is 4.83. The molecule has 0 saturated heterocycles. The minimum absolute atomic E-state index is 0.183. The Morgan fingerprint density at radius 2 is 1.91 bits per heavy atom. The Balaban J connectivity index is 1.94. The van der Waals surface area contributed by atoms with Crippen molar-refractivity contribution in [2.45, 2.75) is 20.8 Å². The zero-order chi connectivity index (χ0) is 16.6. The van der Waals surface area contributed by atoms with E-state index in [1.165, 1.54) is 11.3 Å². The Morgan fingerprint density at radius 3 is 2.52 bits per heavy atom. The molecular formula is C16H15BrN4OS. The van der Waals surface area contributed by atoms with Gasteiger partial charge in [-0.25, -0.2) is 9.67 Å². The van der Waals surface area contributed by atoms with Crippen molar-refractivity contribution in [1.29, 1.82) is 0 Å². The lowest BCUT2D eigenvalue weighted by Crippen LogP contribution is -2.14. The molecule has 0 aliphatic rings. The van der Waals surface area contributed by atoms with Crippen molar-refractivity contribution in [2.24, 2.45) is 0 Å². The maximum Gasteiger partial charge on any atom is 0.261 e. The predicted molar refractivity (Wildman–Crippen MR) is 95.5 cm³/mol. The number of hydrogen-bond donors (Lipinski definition) is 1. The monoisotopic (exact) mass is 390 g/mol. The third kappa shape index (κ3) is 3.20. The molecule has 5 nitrogen and oxygen atoms in total. The van der Waals surface area contributed by atoms with Gasteiger partial charge in [0.05, 0.1) is 28.3 Å². The molecule has 3 rings (SSSR count). The van der Waals surface area contributed by atoms with E-state index in [0.29, 0.717) is 16.4 Å². The molecule has 0 saturated carbocycles. The van der Waals surface area contributed by atoms with Gasteiger partial charge in [-0.05, 0) is 45.0 Å². The number of anilines is 1. The molecule has 0 fully saturated rings. The maximum atomic E-state index is 12.6. The highest BCUT2D eigenvalue weighted by Gasteiger charge is 2.20. The summed E-state index contributed by atoms with van der Waals surface area (Å²) in [6.07, 6.45) is 0. The lowest BCUT2D eigenvalue weighted by atomic mass is 10.2. The number of hydrogen-bond acceptors (Lipinski definition) is 4. The van der Waals surface area contributed by atoms with Crippen molar-refractivity contribution in [3.8, 4) is 5.69 Å². The van der Waals surface area contributed by atoms with Crippen LogP contribution in [0.25, 0.3) is 5.69 Å². The van der Waals surface area contributed by atoms with Crippen LogP contribution in [0, 0.1) is 20.8 Å². The summed E-state index contributed by atoms with van der Waals surface area (Å²) in [5.74, 6) is -0.183. The summed E-state index contributed by atoms with van der Waals surface area (Å²) in [5.41, 5.74) is 3.88. The fourth-order valence-electron chi connectivity index (χ4n) is 2.38. The quantitative estimate of drug-likeness (QED) is 0.726. The van der Waals surface area contributed by atoms with Gasteiger partial charge in [0.2, 0.25) is 0 Å². The van der Waals surface area contributed by atoms with Crippen LogP contribution in [0.15, 0.2) is 34.1 Å². The van der Waals surface area contributed by atoms with Gasteiger partial charge >= 0.3 is 0 Å². The van der Waals surface area contributed by atoms with Crippen LogP contribution >= 0.6 is 27.3 Å². The van der Waals surface area contributed by atoms with Gasteiger partial charge in [-0.1, -0.05) is 15.9 Å². The number of nitrogens with zero attached hydrogens (tertiary/aromatic N) is 3. The molecule has 7 heteroatoms. The smallest absolute Gasteiger partial charge is 0.261 e. The van der Waals surface area contributed by atoms with Crippen LogP contribution in [0.2, 0.25) is 0 Å². The summed E-state index contributed by atoms with van der Waals surface area (Å²) in [4.78, 5) is 16.8. The number of thiazole rings is 1. The lowest BCUT2D eigenvalue weighted by Gasteiger charge is -2.05. The molecule has 3 aromatic rings. The van der Waals surface area contributed by atoms with Crippen molar-refractivity contribution < 1.29 is 4.79 Å². The fourth-order valence-corrected chi connectivity index (χ4v) is 3.32. The zero-order valence-electron chi connectivity index (χ0n) is 12.9. The van der Waals surface area contributed by atoms with Crippen LogP contribution in [-0.4, -0.2) is 20.7 Å². The van der Waals surface area contributed by atoms with E-state index in [9.17, 15) is 4.79 Å². The first-order valence-electron chi connectivity index (χ1n) is 7.01. The van der Waals surface area contributed by atoms with Crippen molar-refractivity contribution in [2.75, 3.05) is 5.32 Å². The van der Waals surface area contributed by atoms with Gasteiger partial charge in [0.15, 0.2) is 5.13 Å². The molecule has 1 aromatic carbocycles. The number of carbonyl (C=O) groups is 1. The average molecular weight is 391 g/mol. The van der Waals surface area contributed by atoms with Crippen molar-refractivity contribution in [3.05, 3.63) is 56.8 Å². The Bertz CT molecular complexity index is 867.